The number of nitrogens with one attached hydrogen (secondary N) is 2. The second-order valence-electron chi connectivity index (χ2n) is 3.55. The molecule has 1 unspecified atom stereocenters. The van der Waals surface area contributed by atoms with Gasteiger partial charge in [0.25, 0.3) is 0 Å². The molecule has 0 aromatic carbocycles. The number of hydrogen-bond donors (Lipinski definition) is 5. The van der Waals surface area contributed by atoms with E-state index >= 15 is 0 Å². The lowest BCUT2D eigenvalue weighted by Crippen LogP contribution is -2.30. The van der Waals surface area contributed by atoms with Crippen LogP contribution in [0, 0.1) is 6.92 Å². The van der Waals surface area contributed by atoms with E-state index in [2.05, 4.69) is 15.3 Å². The molecule has 0 aliphatic carbocycles. The maximum atomic E-state index is 10.4. The summed E-state index contributed by atoms with van der Waals surface area (Å²) in [7, 11) is 0. The number of H-pyrrole nitrogens is 1. The Labute approximate surface area is 92.7 Å². The summed E-state index contributed by atoms with van der Waals surface area (Å²) in [6.45, 7) is 2.25. The first-order chi connectivity index (χ1) is 7.50. The van der Waals surface area contributed by atoms with E-state index in [4.69, 9.17) is 10.8 Å². The van der Waals surface area contributed by atoms with Crippen molar-refractivity contribution in [1.29, 1.82) is 0 Å². The van der Waals surface area contributed by atoms with Gasteiger partial charge in [0.1, 0.15) is 6.04 Å². The van der Waals surface area contributed by atoms with E-state index in [1.807, 2.05) is 0 Å². The van der Waals surface area contributed by atoms with Crippen LogP contribution in [0.1, 0.15) is 18.5 Å². The van der Waals surface area contributed by atoms with Crippen molar-refractivity contribution in [1.82, 2.24) is 9.97 Å². The number of hydrogen-bond acceptors (Lipinski definition) is 5. The molecule has 0 aliphatic rings. The zero-order chi connectivity index (χ0) is 12.1. The molecule has 1 atom stereocenters. The van der Waals surface area contributed by atoms with E-state index in [1.165, 1.54) is 0 Å². The molecule has 0 amide bonds. The Balaban J connectivity index is 2.23. The number of anilines is 1. The predicted octanol–water partition coefficient (Wildman–Crippen LogP) is 0.0277. The minimum atomic E-state index is -0.994. The molecule has 0 fully saturated rings. The van der Waals surface area contributed by atoms with Gasteiger partial charge in [-0.1, -0.05) is 0 Å². The van der Waals surface area contributed by atoms with Crippen LogP contribution in [-0.4, -0.2) is 38.7 Å². The van der Waals surface area contributed by atoms with Gasteiger partial charge in [0.05, 0.1) is 5.69 Å². The third-order valence-corrected chi connectivity index (χ3v) is 2.16. The zero-order valence-electron chi connectivity index (χ0n) is 9.03. The highest BCUT2D eigenvalue weighted by Gasteiger charge is 2.10. The number of aryl methyl sites for hydroxylation is 1. The van der Waals surface area contributed by atoms with Crippen LogP contribution >= 0.6 is 0 Å². The fourth-order valence-electron chi connectivity index (χ4n) is 1.19. The van der Waals surface area contributed by atoms with E-state index in [0.29, 0.717) is 31.0 Å². The summed E-state index contributed by atoms with van der Waals surface area (Å²) in [5.41, 5.74) is 5.92. The number of nitrogens with two attached hydrogens (primary N) is 1. The minimum absolute atomic E-state index is 0.0373. The van der Waals surface area contributed by atoms with Gasteiger partial charge in [-0.25, -0.2) is 0 Å². The maximum absolute atomic E-state index is 10.4. The smallest absolute Gasteiger partial charge is 0.320 e. The third kappa shape index (κ3) is 3.43. The van der Waals surface area contributed by atoms with Gasteiger partial charge in [-0.2, -0.15) is 4.98 Å². The number of carboxylic acid groups (broad SMARTS) is 1. The van der Waals surface area contributed by atoms with Crippen LogP contribution in [0.2, 0.25) is 0 Å². The average molecular weight is 228 g/mol. The van der Waals surface area contributed by atoms with Crippen molar-refractivity contribution < 1.29 is 15.0 Å². The Morgan fingerprint density at radius 2 is 2.38 bits per heavy atom. The number of carbonyl (C=O) groups is 1. The van der Waals surface area contributed by atoms with Crippen molar-refractivity contribution in [3.63, 3.8) is 0 Å². The Morgan fingerprint density at radius 3 is 2.88 bits per heavy atom. The molecule has 0 bridgehead atoms. The van der Waals surface area contributed by atoms with Gasteiger partial charge in [0.15, 0.2) is 0 Å². The molecule has 1 heterocycles. The van der Waals surface area contributed by atoms with Gasteiger partial charge < -0.3 is 26.2 Å². The molecule has 0 saturated heterocycles. The number of rotatable bonds is 6. The van der Waals surface area contributed by atoms with Crippen molar-refractivity contribution in [2.75, 3.05) is 11.9 Å². The van der Waals surface area contributed by atoms with Gasteiger partial charge in [0, 0.05) is 6.54 Å². The molecule has 1 aromatic rings. The summed E-state index contributed by atoms with van der Waals surface area (Å²) in [6.07, 6.45) is 1.02. The molecule has 0 aliphatic heterocycles. The van der Waals surface area contributed by atoms with Crippen molar-refractivity contribution in [2.24, 2.45) is 5.73 Å². The Hall–Kier alpha value is -1.76. The highest BCUT2D eigenvalue weighted by molar-refractivity contribution is 5.72. The van der Waals surface area contributed by atoms with Gasteiger partial charge in [0.2, 0.25) is 11.8 Å². The fraction of sp³-hybridized carbons (Fsp3) is 0.556. The Kier molecular flexibility index (Phi) is 4.12. The van der Waals surface area contributed by atoms with E-state index in [-0.39, 0.29) is 5.88 Å². The molecule has 0 spiro atoms. The normalized spacial score (nSPS) is 12.4. The second-order valence-corrected chi connectivity index (χ2v) is 3.55. The third-order valence-electron chi connectivity index (χ3n) is 2.16. The van der Waals surface area contributed by atoms with Gasteiger partial charge in [-0.15, -0.1) is 0 Å². The van der Waals surface area contributed by atoms with E-state index in [9.17, 15) is 9.90 Å². The largest absolute Gasteiger partial charge is 0.492 e. The number of aliphatic carboxylic acids is 1. The topological polar surface area (TPSA) is 124 Å². The molecule has 7 heteroatoms. The van der Waals surface area contributed by atoms with Crippen molar-refractivity contribution in [3.05, 3.63) is 5.69 Å². The highest BCUT2D eigenvalue weighted by Crippen LogP contribution is 2.14. The van der Waals surface area contributed by atoms with E-state index in [1.54, 1.807) is 6.92 Å². The number of nitrogens with zero attached hydrogens (tertiary/aromatic N) is 1. The molecule has 7 nitrogen and oxygen atoms in total. The number of aromatic hydroxyl groups is 1. The number of imidazole rings is 1. The van der Waals surface area contributed by atoms with Crippen molar-refractivity contribution >= 4 is 11.9 Å². The zero-order valence-corrected chi connectivity index (χ0v) is 9.03. The summed E-state index contributed by atoms with van der Waals surface area (Å²) in [5.74, 6) is -0.560. The number of aromatic amines is 1. The summed E-state index contributed by atoms with van der Waals surface area (Å²) >= 11 is 0. The van der Waals surface area contributed by atoms with Crippen LogP contribution < -0.4 is 11.1 Å². The molecule has 0 radical (unpaired) electrons. The highest BCUT2D eigenvalue weighted by atomic mass is 16.4. The van der Waals surface area contributed by atoms with E-state index < -0.39 is 12.0 Å². The summed E-state index contributed by atoms with van der Waals surface area (Å²) in [5, 5.41) is 20.6. The van der Waals surface area contributed by atoms with Crippen molar-refractivity contribution in [3.8, 4) is 5.88 Å². The standard InChI is InChI=1S/C9H16N4O3/c1-5-7(14)13-9(12-5)11-4-2-3-6(10)8(15)16/h6,14H,2-4,10H2,1H3,(H,15,16)(H2,11,12,13). The molecule has 6 N–H and O–H groups in total. The summed E-state index contributed by atoms with van der Waals surface area (Å²) in [6, 6.07) is -0.825. The maximum Gasteiger partial charge on any atom is 0.320 e. The second kappa shape index (κ2) is 5.36. The summed E-state index contributed by atoms with van der Waals surface area (Å²) in [4.78, 5) is 17.1. The van der Waals surface area contributed by atoms with Crippen LogP contribution in [-0.2, 0) is 4.79 Å². The Morgan fingerprint density at radius 1 is 1.69 bits per heavy atom. The minimum Gasteiger partial charge on any atom is -0.492 e. The van der Waals surface area contributed by atoms with E-state index in [0.717, 1.165) is 0 Å². The van der Waals surface area contributed by atoms with Crippen LogP contribution in [0.25, 0.3) is 0 Å². The number of carboxylic acids is 1. The summed E-state index contributed by atoms with van der Waals surface area (Å²) < 4.78 is 0. The lowest BCUT2D eigenvalue weighted by atomic mass is 10.2. The van der Waals surface area contributed by atoms with Crippen LogP contribution in [0.5, 0.6) is 5.88 Å². The predicted molar refractivity (Wildman–Crippen MR) is 58.3 cm³/mol. The molecular weight excluding hydrogens is 212 g/mol. The van der Waals surface area contributed by atoms with Gasteiger partial charge >= 0.3 is 5.97 Å². The number of aromatic nitrogens is 2. The van der Waals surface area contributed by atoms with Gasteiger partial charge in [-0.05, 0) is 19.8 Å². The first-order valence-corrected chi connectivity index (χ1v) is 4.98. The molecule has 1 rings (SSSR count). The molecule has 90 valence electrons. The SMILES string of the molecule is Cc1[nH]c(NCCCC(N)C(=O)O)nc1O. The van der Waals surface area contributed by atoms with Gasteiger partial charge in [-0.3, -0.25) is 4.79 Å². The monoisotopic (exact) mass is 228 g/mol. The van der Waals surface area contributed by atoms with Crippen LogP contribution in [0.15, 0.2) is 0 Å². The van der Waals surface area contributed by atoms with Crippen molar-refractivity contribution in [2.45, 2.75) is 25.8 Å². The average Bonchev–Trinajstić information content (AvgIpc) is 2.53. The quantitative estimate of drug-likeness (QED) is 0.437. The lowest BCUT2D eigenvalue weighted by Gasteiger charge is -2.06. The lowest BCUT2D eigenvalue weighted by molar-refractivity contribution is -0.138. The van der Waals surface area contributed by atoms with Crippen LogP contribution in [0.3, 0.4) is 0 Å². The molecule has 16 heavy (non-hydrogen) atoms. The Bertz CT molecular complexity index is 344. The molecular formula is C9H16N4O3. The fourth-order valence-corrected chi connectivity index (χ4v) is 1.19. The van der Waals surface area contributed by atoms with Crippen LogP contribution in [0.4, 0.5) is 5.95 Å². The molecule has 0 saturated carbocycles. The molecule has 1 aromatic heterocycles. The first kappa shape index (κ1) is 12.3. The first-order valence-electron chi connectivity index (χ1n) is 4.98.